The summed E-state index contributed by atoms with van der Waals surface area (Å²) in [6.07, 6.45) is 0. The molecule has 1 aliphatic heterocycles. The number of rotatable bonds is 4. The van der Waals surface area contributed by atoms with Crippen molar-refractivity contribution in [3.63, 3.8) is 0 Å². The first-order valence-corrected chi connectivity index (χ1v) is 7.45. The number of Topliss-reactive ketones (excluding diaryl/α,β-unsaturated/α-hetero) is 1. The minimum Gasteiger partial charge on any atom is -0.466 e. The topological polar surface area (TPSA) is 63.7 Å². The quantitative estimate of drug-likeness (QED) is 0.488. The molecule has 126 valence electrons. The van der Waals surface area contributed by atoms with E-state index in [4.69, 9.17) is 4.74 Å². The number of methoxy groups -OCH3 is 1. The number of hydrogen-bond acceptors (Lipinski definition) is 4. The van der Waals surface area contributed by atoms with Crippen LogP contribution in [0.15, 0.2) is 60.7 Å². The van der Waals surface area contributed by atoms with Crippen LogP contribution in [0.2, 0.25) is 0 Å². The van der Waals surface area contributed by atoms with Crippen LogP contribution in [0, 0.1) is 5.82 Å². The van der Waals surface area contributed by atoms with Crippen molar-refractivity contribution in [2.75, 3.05) is 12.0 Å². The van der Waals surface area contributed by atoms with Crippen LogP contribution < -0.4 is 4.90 Å². The lowest BCUT2D eigenvalue weighted by Crippen LogP contribution is -2.36. The molecule has 0 aliphatic carbocycles. The van der Waals surface area contributed by atoms with Crippen LogP contribution in [0.5, 0.6) is 0 Å². The van der Waals surface area contributed by atoms with Crippen LogP contribution in [0.1, 0.15) is 22.0 Å². The number of ether oxygens (including phenoxy) is 1. The normalized spacial score (nSPS) is 14.2. The highest BCUT2D eigenvalue weighted by Crippen LogP contribution is 2.39. The van der Waals surface area contributed by atoms with Gasteiger partial charge < -0.3 is 4.74 Å². The number of carbonyl (C=O) groups is 3. The fourth-order valence-electron chi connectivity index (χ4n) is 2.87. The second-order valence-corrected chi connectivity index (χ2v) is 5.50. The molecule has 0 N–H and O–H groups in total. The fourth-order valence-corrected chi connectivity index (χ4v) is 2.87. The van der Waals surface area contributed by atoms with E-state index in [9.17, 15) is 18.8 Å². The summed E-state index contributed by atoms with van der Waals surface area (Å²) < 4.78 is 18.2. The number of halogens is 1. The van der Waals surface area contributed by atoms with Gasteiger partial charge in [0.15, 0.2) is 0 Å². The van der Waals surface area contributed by atoms with Crippen molar-refractivity contribution in [3.05, 3.63) is 77.6 Å². The first-order valence-electron chi connectivity index (χ1n) is 7.45. The number of benzene rings is 2. The molecule has 0 saturated carbocycles. The van der Waals surface area contributed by atoms with Crippen molar-refractivity contribution in [1.29, 1.82) is 0 Å². The zero-order valence-corrected chi connectivity index (χ0v) is 13.4. The van der Waals surface area contributed by atoms with Gasteiger partial charge in [0, 0.05) is 0 Å². The van der Waals surface area contributed by atoms with Gasteiger partial charge in [0.2, 0.25) is 0 Å². The molecule has 1 aliphatic rings. The first-order chi connectivity index (χ1) is 12.0. The van der Waals surface area contributed by atoms with Crippen LogP contribution in [0.3, 0.4) is 0 Å². The van der Waals surface area contributed by atoms with Gasteiger partial charge >= 0.3 is 5.97 Å². The lowest BCUT2D eigenvalue weighted by molar-refractivity contribution is -0.136. The van der Waals surface area contributed by atoms with E-state index in [1.807, 2.05) is 0 Å². The summed E-state index contributed by atoms with van der Waals surface area (Å²) in [5.41, 5.74) is 0.766. The van der Waals surface area contributed by atoms with Gasteiger partial charge in [-0.25, -0.2) is 9.18 Å². The lowest BCUT2D eigenvalue weighted by Gasteiger charge is -2.29. The van der Waals surface area contributed by atoms with Crippen molar-refractivity contribution in [2.45, 2.75) is 6.04 Å². The number of nitrogens with zero attached hydrogens (tertiary/aromatic N) is 1. The molecule has 1 heterocycles. The molecule has 25 heavy (non-hydrogen) atoms. The van der Waals surface area contributed by atoms with E-state index in [0.717, 1.165) is 17.0 Å². The second-order valence-electron chi connectivity index (χ2n) is 5.50. The standard InChI is InChI=1S/C19H14FNO4/c1-11(19(24)25-2)16(12-6-4-3-5-7-12)21-15-9-8-13(20)10-14(15)17(22)18(21)23/h3-10,16H,1H2,2H3/t16-/m1/s1. The Balaban J connectivity index is 2.18. The van der Waals surface area contributed by atoms with E-state index < -0.39 is 29.5 Å². The van der Waals surface area contributed by atoms with Crippen LogP contribution in [-0.2, 0) is 14.3 Å². The highest BCUT2D eigenvalue weighted by atomic mass is 19.1. The Morgan fingerprint density at radius 3 is 2.48 bits per heavy atom. The second kappa shape index (κ2) is 6.32. The number of anilines is 1. The number of ketones is 1. The van der Waals surface area contributed by atoms with Crippen LogP contribution in [-0.4, -0.2) is 24.8 Å². The Hall–Kier alpha value is -3.28. The van der Waals surface area contributed by atoms with Crippen LogP contribution >= 0.6 is 0 Å². The average molecular weight is 339 g/mol. The van der Waals surface area contributed by atoms with Gasteiger partial charge in [-0.15, -0.1) is 0 Å². The third-order valence-electron chi connectivity index (χ3n) is 4.03. The molecule has 2 aromatic carbocycles. The van der Waals surface area contributed by atoms with Gasteiger partial charge in [-0.1, -0.05) is 36.9 Å². The molecule has 1 atom stereocenters. The molecule has 6 heteroatoms. The van der Waals surface area contributed by atoms with E-state index in [1.165, 1.54) is 13.2 Å². The Morgan fingerprint density at radius 2 is 1.84 bits per heavy atom. The molecule has 0 aromatic heterocycles. The molecule has 3 rings (SSSR count). The molecule has 0 fully saturated rings. The maximum Gasteiger partial charge on any atom is 0.335 e. The lowest BCUT2D eigenvalue weighted by atomic mass is 9.98. The van der Waals surface area contributed by atoms with E-state index in [2.05, 4.69) is 6.58 Å². The van der Waals surface area contributed by atoms with Crippen molar-refractivity contribution in [3.8, 4) is 0 Å². The van der Waals surface area contributed by atoms with Crippen LogP contribution in [0.4, 0.5) is 10.1 Å². The van der Waals surface area contributed by atoms with Gasteiger partial charge in [-0.05, 0) is 23.8 Å². The van der Waals surface area contributed by atoms with Gasteiger partial charge in [-0.2, -0.15) is 0 Å². The van der Waals surface area contributed by atoms with Gasteiger partial charge in [0.05, 0.1) is 30.0 Å². The largest absolute Gasteiger partial charge is 0.466 e. The maximum atomic E-state index is 13.5. The maximum absolute atomic E-state index is 13.5. The smallest absolute Gasteiger partial charge is 0.335 e. The summed E-state index contributed by atoms with van der Waals surface area (Å²) in [6.45, 7) is 3.74. The summed E-state index contributed by atoms with van der Waals surface area (Å²) in [4.78, 5) is 38.0. The summed E-state index contributed by atoms with van der Waals surface area (Å²) >= 11 is 0. The molecule has 0 spiro atoms. The van der Waals surface area contributed by atoms with E-state index in [1.54, 1.807) is 30.3 Å². The predicted molar refractivity (Wildman–Crippen MR) is 88.6 cm³/mol. The zero-order chi connectivity index (χ0) is 18.1. The number of esters is 1. The predicted octanol–water partition coefficient (Wildman–Crippen LogP) is 2.83. The van der Waals surface area contributed by atoms with Gasteiger partial charge in [-0.3, -0.25) is 14.5 Å². The minimum absolute atomic E-state index is 0.00738. The molecule has 1 amide bonds. The zero-order valence-electron chi connectivity index (χ0n) is 13.4. The van der Waals surface area contributed by atoms with Crippen LogP contribution in [0.25, 0.3) is 0 Å². The highest BCUT2D eigenvalue weighted by Gasteiger charge is 2.42. The summed E-state index contributed by atoms with van der Waals surface area (Å²) in [5, 5.41) is 0. The van der Waals surface area contributed by atoms with Crippen molar-refractivity contribution in [1.82, 2.24) is 0 Å². The fraction of sp³-hybridized carbons (Fsp3) is 0.105. The molecular formula is C19H14FNO4. The Bertz CT molecular complexity index is 892. The van der Waals surface area contributed by atoms with Crippen molar-refractivity contribution in [2.24, 2.45) is 0 Å². The Labute approximate surface area is 143 Å². The summed E-state index contributed by atoms with van der Waals surface area (Å²) in [6, 6.07) is 11.2. The molecule has 0 saturated heterocycles. The third-order valence-corrected chi connectivity index (χ3v) is 4.03. The summed E-state index contributed by atoms with van der Waals surface area (Å²) in [5.74, 6) is -3.00. The van der Waals surface area contributed by atoms with Gasteiger partial charge in [0.1, 0.15) is 5.82 Å². The average Bonchev–Trinajstić information content (AvgIpc) is 2.87. The van der Waals surface area contributed by atoms with Crippen molar-refractivity contribution < 1.29 is 23.5 Å². The van der Waals surface area contributed by atoms with Crippen molar-refractivity contribution >= 4 is 23.3 Å². The molecule has 5 nitrogen and oxygen atoms in total. The number of amides is 1. The molecule has 2 aromatic rings. The van der Waals surface area contributed by atoms with Gasteiger partial charge in [0.25, 0.3) is 11.7 Å². The van der Waals surface area contributed by atoms with E-state index in [-0.39, 0.29) is 16.8 Å². The van der Waals surface area contributed by atoms with E-state index in [0.29, 0.717) is 5.56 Å². The minimum atomic E-state index is -0.934. The molecule has 0 unspecified atom stereocenters. The third kappa shape index (κ3) is 2.71. The summed E-state index contributed by atoms with van der Waals surface area (Å²) in [7, 11) is 1.20. The number of hydrogen-bond donors (Lipinski definition) is 0. The monoisotopic (exact) mass is 339 g/mol. The molecule has 0 bridgehead atoms. The molecule has 0 radical (unpaired) electrons. The SMILES string of the molecule is C=C(C(=O)OC)[C@H](c1ccccc1)N1C(=O)C(=O)c2cc(F)ccc21. The highest BCUT2D eigenvalue weighted by molar-refractivity contribution is 6.52. The number of carbonyl (C=O) groups excluding carboxylic acids is 3. The number of fused-ring (bicyclic) bond motifs is 1. The first kappa shape index (κ1) is 16.6. The Morgan fingerprint density at radius 1 is 1.16 bits per heavy atom. The Kier molecular flexibility index (Phi) is 4.19. The van der Waals surface area contributed by atoms with E-state index >= 15 is 0 Å². The molecular weight excluding hydrogens is 325 g/mol.